The summed E-state index contributed by atoms with van der Waals surface area (Å²) in [6.07, 6.45) is -4.31. The van der Waals surface area contributed by atoms with E-state index in [-0.39, 0.29) is 30.3 Å². The van der Waals surface area contributed by atoms with E-state index in [1.807, 2.05) is 0 Å². The van der Waals surface area contributed by atoms with Crippen molar-refractivity contribution in [1.82, 2.24) is 10.2 Å². The van der Waals surface area contributed by atoms with E-state index in [0.29, 0.717) is 13.0 Å². The van der Waals surface area contributed by atoms with Gasteiger partial charge in [-0.1, -0.05) is 18.5 Å². The van der Waals surface area contributed by atoms with Crippen molar-refractivity contribution in [2.45, 2.75) is 25.6 Å². The van der Waals surface area contributed by atoms with Gasteiger partial charge in [0.1, 0.15) is 0 Å². The number of benzene rings is 1. The van der Waals surface area contributed by atoms with Crippen LogP contribution in [0.2, 0.25) is 5.02 Å². The number of carbonyl (C=O) groups is 2. The Hall–Kier alpha value is -1.85. The standard InChI is InChI=1S/C17H21ClF3N3O4S/c1-2-24(9-16(26)23-12-5-6-29(27,28)10-12)8-15(25)22-11-3-4-14(18)13(7-11)17(19,20)21/h3-4,7,12H,2,5-6,8-10H2,1H3,(H,22,25)(H,23,26)/t12-/m1/s1. The summed E-state index contributed by atoms with van der Waals surface area (Å²) in [7, 11) is -3.13. The molecule has 162 valence electrons. The molecule has 1 saturated heterocycles. The minimum atomic E-state index is -4.65. The highest BCUT2D eigenvalue weighted by atomic mass is 35.5. The van der Waals surface area contributed by atoms with E-state index >= 15 is 0 Å². The Bertz CT molecular complexity index is 877. The molecule has 2 rings (SSSR count). The molecule has 7 nitrogen and oxygen atoms in total. The molecule has 0 saturated carbocycles. The van der Waals surface area contributed by atoms with Crippen LogP contribution in [-0.2, 0) is 25.6 Å². The van der Waals surface area contributed by atoms with E-state index in [4.69, 9.17) is 11.6 Å². The number of sulfone groups is 1. The lowest BCUT2D eigenvalue weighted by Gasteiger charge is -2.21. The molecule has 0 unspecified atom stereocenters. The van der Waals surface area contributed by atoms with Crippen molar-refractivity contribution in [3.8, 4) is 0 Å². The Labute approximate surface area is 171 Å². The number of hydrogen-bond acceptors (Lipinski definition) is 5. The average Bonchev–Trinajstić information content (AvgIpc) is 2.93. The zero-order valence-corrected chi connectivity index (χ0v) is 17.1. The summed E-state index contributed by atoms with van der Waals surface area (Å²) in [5.41, 5.74) is -1.13. The molecule has 1 atom stereocenters. The Morgan fingerprint density at radius 2 is 1.90 bits per heavy atom. The van der Waals surface area contributed by atoms with Crippen LogP contribution in [0.15, 0.2) is 18.2 Å². The Morgan fingerprint density at radius 1 is 1.24 bits per heavy atom. The van der Waals surface area contributed by atoms with E-state index in [1.165, 1.54) is 11.0 Å². The van der Waals surface area contributed by atoms with E-state index in [1.54, 1.807) is 6.92 Å². The van der Waals surface area contributed by atoms with Gasteiger partial charge in [0, 0.05) is 11.7 Å². The summed E-state index contributed by atoms with van der Waals surface area (Å²) in [5, 5.41) is 4.50. The Kier molecular flexibility index (Phi) is 7.52. The minimum Gasteiger partial charge on any atom is -0.351 e. The second kappa shape index (κ2) is 9.31. The summed E-state index contributed by atoms with van der Waals surface area (Å²) < 4.78 is 61.6. The van der Waals surface area contributed by atoms with Crippen LogP contribution in [0.5, 0.6) is 0 Å². The predicted octanol–water partition coefficient (Wildman–Crippen LogP) is 1.92. The second-order valence-corrected chi connectivity index (χ2v) is 9.35. The SMILES string of the molecule is CCN(CC(=O)Nc1ccc(Cl)c(C(F)(F)F)c1)CC(=O)N[C@@H]1CCS(=O)(=O)C1. The molecule has 0 spiro atoms. The molecule has 2 N–H and O–H groups in total. The van der Waals surface area contributed by atoms with Gasteiger partial charge in [0.15, 0.2) is 9.84 Å². The third-order valence-electron chi connectivity index (χ3n) is 4.33. The summed E-state index contributed by atoms with van der Waals surface area (Å²) in [4.78, 5) is 25.7. The molecule has 0 radical (unpaired) electrons. The maximum Gasteiger partial charge on any atom is 0.417 e. The number of halogens is 4. The maximum absolute atomic E-state index is 12.9. The van der Waals surface area contributed by atoms with Gasteiger partial charge < -0.3 is 10.6 Å². The molecule has 29 heavy (non-hydrogen) atoms. The molecule has 2 amide bonds. The zero-order chi connectivity index (χ0) is 21.8. The number of likely N-dealkylation sites (N-methyl/N-ethyl adjacent to an activating group) is 1. The van der Waals surface area contributed by atoms with Gasteiger partial charge >= 0.3 is 6.18 Å². The number of alkyl halides is 3. The first-order valence-electron chi connectivity index (χ1n) is 8.78. The van der Waals surface area contributed by atoms with Crippen LogP contribution in [0.1, 0.15) is 18.9 Å². The Balaban J connectivity index is 1.90. The number of hydrogen-bond donors (Lipinski definition) is 2. The highest BCUT2D eigenvalue weighted by Crippen LogP contribution is 2.36. The van der Waals surface area contributed by atoms with E-state index in [2.05, 4.69) is 10.6 Å². The number of amides is 2. The van der Waals surface area contributed by atoms with Crippen molar-refractivity contribution in [3.05, 3.63) is 28.8 Å². The highest BCUT2D eigenvalue weighted by Gasteiger charge is 2.33. The smallest absolute Gasteiger partial charge is 0.351 e. The monoisotopic (exact) mass is 455 g/mol. The predicted molar refractivity (Wildman–Crippen MR) is 102 cm³/mol. The first-order valence-corrected chi connectivity index (χ1v) is 11.0. The van der Waals surface area contributed by atoms with Crippen molar-refractivity contribution in [3.63, 3.8) is 0 Å². The third-order valence-corrected chi connectivity index (χ3v) is 6.43. The van der Waals surface area contributed by atoms with Crippen molar-refractivity contribution in [1.29, 1.82) is 0 Å². The largest absolute Gasteiger partial charge is 0.417 e. The molecule has 1 aliphatic heterocycles. The number of carbonyl (C=O) groups excluding carboxylic acids is 2. The van der Waals surface area contributed by atoms with Crippen molar-refractivity contribution < 1.29 is 31.2 Å². The summed E-state index contributed by atoms with van der Waals surface area (Å²) in [5.74, 6) is -1.10. The number of rotatable bonds is 7. The summed E-state index contributed by atoms with van der Waals surface area (Å²) in [6, 6.07) is 2.58. The van der Waals surface area contributed by atoms with Crippen LogP contribution in [0.4, 0.5) is 18.9 Å². The number of anilines is 1. The van der Waals surface area contributed by atoms with E-state index < -0.39 is 44.5 Å². The van der Waals surface area contributed by atoms with Crippen molar-refractivity contribution in [2.24, 2.45) is 0 Å². The van der Waals surface area contributed by atoms with Gasteiger partial charge in [0.2, 0.25) is 11.8 Å². The fraction of sp³-hybridized carbons (Fsp3) is 0.529. The number of nitrogens with one attached hydrogen (secondary N) is 2. The lowest BCUT2D eigenvalue weighted by atomic mass is 10.2. The minimum absolute atomic E-state index is 0.0266. The molecule has 1 heterocycles. The van der Waals surface area contributed by atoms with Crippen molar-refractivity contribution in [2.75, 3.05) is 36.5 Å². The van der Waals surface area contributed by atoms with Gasteiger partial charge in [-0.25, -0.2) is 8.42 Å². The van der Waals surface area contributed by atoms with Crippen LogP contribution in [0.25, 0.3) is 0 Å². The molecule has 0 aromatic heterocycles. The van der Waals surface area contributed by atoms with Gasteiger partial charge in [-0.2, -0.15) is 13.2 Å². The molecule has 1 aromatic rings. The molecule has 1 aliphatic rings. The third kappa shape index (κ3) is 7.16. The quantitative estimate of drug-likeness (QED) is 0.655. The maximum atomic E-state index is 12.9. The normalized spacial score (nSPS) is 18.6. The molecular formula is C17H21ClF3N3O4S. The average molecular weight is 456 g/mol. The van der Waals surface area contributed by atoms with Crippen LogP contribution < -0.4 is 10.6 Å². The van der Waals surface area contributed by atoms with Crippen LogP contribution in [0.3, 0.4) is 0 Å². The molecule has 1 aromatic carbocycles. The van der Waals surface area contributed by atoms with Crippen LogP contribution in [0, 0.1) is 0 Å². The van der Waals surface area contributed by atoms with Gasteiger partial charge in [0.05, 0.1) is 35.2 Å². The lowest BCUT2D eigenvalue weighted by molar-refractivity contribution is -0.137. The Morgan fingerprint density at radius 3 is 2.45 bits per heavy atom. The fourth-order valence-corrected chi connectivity index (χ4v) is 4.79. The lowest BCUT2D eigenvalue weighted by Crippen LogP contribution is -2.44. The molecule has 1 fully saturated rings. The van der Waals surface area contributed by atoms with Crippen LogP contribution in [-0.4, -0.2) is 62.3 Å². The van der Waals surface area contributed by atoms with Gasteiger partial charge in [0.25, 0.3) is 0 Å². The summed E-state index contributed by atoms with van der Waals surface area (Å²) in [6.45, 7) is 1.68. The summed E-state index contributed by atoms with van der Waals surface area (Å²) >= 11 is 5.55. The van der Waals surface area contributed by atoms with Crippen molar-refractivity contribution >= 4 is 38.9 Å². The molecule has 0 bridgehead atoms. The van der Waals surface area contributed by atoms with Gasteiger partial charge in [-0.15, -0.1) is 0 Å². The van der Waals surface area contributed by atoms with Crippen LogP contribution >= 0.6 is 11.6 Å². The van der Waals surface area contributed by atoms with Gasteiger partial charge in [-0.3, -0.25) is 14.5 Å². The first kappa shape index (κ1) is 23.4. The first-order chi connectivity index (χ1) is 13.4. The molecule has 0 aliphatic carbocycles. The van der Waals surface area contributed by atoms with E-state index in [9.17, 15) is 31.2 Å². The zero-order valence-electron chi connectivity index (χ0n) is 15.6. The molecule has 12 heteroatoms. The second-order valence-electron chi connectivity index (χ2n) is 6.71. The number of nitrogens with zero attached hydrogens (tertiary/aromatic N) is 1. The highest BCUT2D eigenvalue weighted by molar-refractivity contribution is 7.91. The molecular weight excluding hydrogens is 435 g/mol. The van der Waals surface area contributed by atoms with E-state index in [0.717, 1.165) is 12.1 Å². The fourth-order valence-electron chi connectivity index (χ4n) is 2.89. The van der Waals surface area contributed by atoms with Gasteiger partial charge in [-0.05, 0) is 31.2 Å². The topological polar surface area (TPSA) is 95.6 Å².